The van der Waals surface area contributed by atoms with Crippen molar-refractivity contribution in [1.82, 2.24) is 5.16 Å². The van der Waals surface area contributed by atoms with E-state index in [4.69, 9.17) is 4.52 Å². The van der Waals surface area contributed by atoms with Gasteiger partial charge in [-0.15, -0.1) is 0 Å². The molecular formula is C9H7BrFNO. The Kier molecular flexibility index (Phi) is 2.07. The van der Waals surface area contributed by atoms with Crippen molar-refractivity contribution in [2.45, 2.75) is 13.1 Å². The zero-order chi connectivity index (χ0) is 9.42. The maximum Gasteiger partial charge on any atom is 0.168 e. The fourth-order valence-corrected chi connectivity index (χ4v) is 1.80. The number of rotatable bonds is 1. The van der Waals surface area contributed by atoms with Gasteiger partial charge >= 0.3 is 0 Å². The van der Waals surface area contributed by atoms with E-state index < -0.39 is 6.17 Å². The highest BCUT2D eigenvalue weighted by atomic mass is 79.9. The summed E-state index contributed by atoms with van der Waals surface area (Å²) in [5.74, 6) is 0. The van der Waals surface area contributed by atoms with Crippen LogP contribution in [0.5, 0.6) is 0 Å². The summed E-state index contributed by atoms with van der Waals surface area (Å²) in [7, 11) is 0. The third-order valence-electron chi connectivity index (χ3n) is 1.85. The van der Waals surface area contributed by atoms with Crippen molar-refractivity contribution in [2.75, 3.05) is 0 Å². The second kappa shape index (κ2) is 3.10. The normalized spacial score (nSPS) is 13.5. The van der Waals surface area contributed by atoms with Gasteiger partial charge in [0.2, 0.25) is 0 Å². The average molecular weight is 244 g/mol. The molecule has 0 aliphatic heterocycles. The maximum absolute atomic E-state index is 13.0. The zero-order valence-electron chi connectivity index (χ0n) is 6.92. The number of aromatic nitrogens is 1. The number of halogens is 2. The van der Waals surface area contributed by atoms with Crippen molar-refractivity contribution in [1.29, 1.82) is 0 Å². The highest BCUT2D eigenvalue weighted by Gasteiger charge is 2.15. The highest BCUT2D eigenvalue weighted by molar-refractivity contribution is 9.10. The van der Waals surface area contributed by atoms with Crippen LogP contribution in [0.1, 0.15) is 18.8 Å². The Bertz CT molecular complexity index is 438. The van der Waals surface area contributed by atoms with E-state index in [1.54, 1.807) is 6.07 Å². The molecule has 0 saturated carbocycles. The molecule has 68 valence electrons. The van der Waals surface area contributed by atoms with Gasteiger partial charge in [-0.25, -0.2) is 4.39 Å². The summed E-state index contributed by atoms with van der Waals surface area (Å²) in [5.41, 5.74) is 0.955. The number of alkyl halides is 1. The Morgan fingerprint density at radius 3 is 3.00 bits per heavy atom. The van der Waals surface area contributed by atoms with Gasteiger partial charge in [0.05, 0.1) is 5.39 Å². The van der Waals surface area contributed by atoms with E-state index in [9.17, 15) is 4.39 Å². The SMILES string of the molecule is CC(F)c1noc2cccc(Br)c12. The van der Waals surface area contributed by atoms with Crippen LogP contribution in [0.2, 0.25) is 0 Å². The lowest BCUT2D eigenvalue weighted by molar-refractivity contribution is 0.342. The number of fused-ring (bicyclic) bond motifs is 1. The van der Waals surface area contributed by atoms with E-state index in [0.717, 1.165) is 9.86 Å². The van der Waals surface area contributed by atoms with Gasteiger partial charge in [0, 0.05) is 4.47 Å². The van der Waals surface area contributed by atoms with Crippen molar-refractivity contribution in [3.05, 3.63) is 28.4 Å². The van der Waals surface area contributed by atoms with E-state index in [-0.39, 0.29) is 0 Å². The van der Waals surface area contributed by atoms with E-state index in [1.807, 2.05) is 12.1 Å². The lowest BCUT2D eigenvalue weighted by Gasteiger charge is -1.96. The number of nitrogens with zero attached hydrogens (tertiary/aromatic N) is 1. The van der Waals surface area contributed by atoms with Gasteiger partial charge in [-0.05, 0) is 35.0 Å². The summed E-state index contributed by atoms with van der Waals surface area (Å²) in [6.07, 6.45) is -1.11. The molecule has 0 spiro atoms. The monoisotopic (exact) mass is 243 g/mol. The maximum atomic E-state index is 13.0. The number of hydrogen-bond acceptors (Lipinski definition) is 2. The number of hydrogen-bond donors (Lipinski definition) is 0. The Labute approximate surface area is 82.8 Å². The smallest absolute Gasteiger partial charge is 0.168 e. The van der Waals surface area contributed by atoms with Crippen molar-refractivity contribution in [3.63, 3.8) is 0 Å². The molecule has 1 heterocycles. The van der Waals surface area contributed by atoms with Crippen LogP contribution >= 0.6 is 15.9 Å². The first-order valence-corrected chi connectivity index (χ1v) is 4.67. The van der Waals surface area contributed by atoms with E-state index in [1.165, 1.54) is 6.92 Å². The molecule has 1 aromatic heterocycles. The van der Waals surface area contributed by atoms with Crippen LogP contribution in [0.3, 0.4) is 0 Å². The summed E-state index contributed by atoms with van der Waals surface area (Å²) in [5, 5.41) is 4.40. The van der Waals surface area contributed by atoms with E-state index in [2.05, 4.69) is 21.1 Å². The van der Waals surface area contributed by atoms with Gasteiger partial charge in [0.15, 0.2) is 5.58 Å². The third-order valence-corrected chi connectivity index (χ3v) is 2.51. The molecule has 2 aromatic rings. The fraction of sp³-hybridized carbons (Fsp3) is 0.222. The molecule has 0 aliphatic carbocycles. The molecule has 13 heavy (non-hydrogen) atoms. The molecular weight excluding hydrogens is 237 g/mol. The summed E-state index contributed by atoms with van der Waals surface area (Å²) < 4.78 is 18.8. The Morgan fingerprint density at radius 1 is 1.54 bits per heavy atom. The molecule has 0 fully saturated rings. The topological polar surface area (TPSA) is 26.0 Å². The minimum atomic E-state index is -1.11. The minimum Gasteiger partial charge on any atom is -0.356 e. The van der Waals surface area contributed by atoms with Crippen LogP contribution in [0.15, 0.2) is 27.2 Å². The van der Waals surface area contributed by atoms with Crippen LogP contribution in [0.25, 0.3) is 11.0 Å². The van der Waals surface area contributed by atoms with Gasteiger partial charge < -0.3 is 4.52 Å². The fourth-order valence-electron chi connectivity index (χ4n) is 1.24. The molecule has 0 amide bonds. The van der Waals surface area contributed by atoms with Crippen molar-refractivity contribution < 1.29 is 8.91 Å². The van der Waals surface area contributed by atoms with Gasteiger partial charge in [-0.2, -0.15) is 0 Å². The van der Waals surface area contributed by atoms with Crippen LogP contribution in [-0.2, 0) is 0 Å². The first kappa shape index (κ1) is 8.69. The second-order valence-electron chi connectivity index (χ2n) is 2.80. The van der Waals surface area contributed by atoms with Crippen LogP contribution < -0.4 is 0 Å². The quantitative estimate of drug-likeness (QED) is 0.765. The molecule has 1 aromatic carbocycles. The number of benzene rings is 1. The first-order chi connectivity index (χ1) is 6.20. The van der Waals surface area contributed by atoms with Crippen LogP contribution in [0.4, 0.5) is 4.39 Å². The van der Waals surface area contributed by atoms with Crippen LogP contribution in [-0.4, -0.2) is 5.16 Å². The molecule has 2 rings (SSSR count). The second-order valence-corrected chi connectivity index (χ2v) is 3.65. The van der Waals surface area contributed by atoms with Crippen molar-refractivity contribution in [2.24, 2.45) is 0 Å². The van der Waals surface area contributed by atoms with Crippen molar-refractivity contribution in [3.8, 4) is 0 Å². The van der Waals surface area contributed by atoms with E-state index in [0.29, 0.717) is 11.3 Å². The molecule has 0 radical (unpaired) electrons. The molecule has 0 aliphatic rings. The Hall–Kier alpha value is -0.900. The largest absolute Gasteiger partial charge is 0.356 e. The lowest BCUT2D eigenvalue weighted by Crippen LogP contribution is -1.85. The zero-order valence-corrected chi connectivity index (χ0v) is 8.51. The van der Waals surface area contributed by atoms with Crippen molar-refractivity contribution >= 4 is 26.9 Å². The summed E-state index contributed by atoms with van der Waals surface area (Å²) in [6.45, 7) is 1.44. The summed E-state index contributed by atoms with van der Waals surface area (Å²) in [4.78, 5) is 0. The summed E-state index contributed by atoms with van der Waals surface area (Å²) >= 11 is 3.33. The lowest BCUT2D eigenvalue weighted by atomic mass is 10.2. The average Bonchev–Trinajstić information content (AvgIpc) is 2.49. The molecule has 0 bridgehead atoms. The predicted octanol–water partition coefficient (Wildman–Crippen LogP) is 3.62. The van der Waals surface area contributed by atoms with Gasteiger partial charge in [0.1, 0.15) is 11.9 Å². The standard InChI is InChI=1S/C9H7BrFNO/c1-5(11)9-8-6(10)3-2-4-7(8)13-12-9/h2-5H,1H3. The summed E-state index contributed by atoms with van der Waals surface area (Å²) in [6, 6.07) is 5.43. The molecule has 2 nitrogen and oxygen atoms in total. The van der Waals surface area contributed by atoms with E-state index >= 15 is 0 Å². The van der Waals surface area contributed by atoms with Gasteiger partial charge in [-0.1, -0.05) is 11.2 Å². The van der Waals surface area contributed by atoms with Gasteiger partial charge in [0.25, 0.3) is 0 Å². The molecule has 0 saturated heterocycles. The van der Waals surface area contributed by atoms with Crippen LogP contribution in [0, 0.1) is 0 Å². The Morgan fingerprint density at radius 2 is 2.31 bits per heavy atom. The minimum absolute atomic E-state index is 0.350. The molecule has 0 N–H and O–H groups in total. The molecule has 4 heteroatoms. The first-order valence-electron chi connectivity index (χ1n) is 3.88. The predicted molar refractivity (Wildman–Crippen MR) is 51.2 cm³/mol. The van der Waals surface area contributed by atoms with Gasteiger partial charge in [-0.3, -0.25) is 0 Å². The molecule has 1 unspecified atom stereocenters. The third kappa shape index (κ3) is 1.35. The Balaban J connectivity index is 2.79. The molecule has 1 atom stereocenters. The highest BCUT2D eigenvalue weighted by Crippen LogP contribution is 2.31.